The third-order valence-corrected chi connectivity index (χ3v) is 2.92. The third kappa shape index (κ3) is 3.46. The van der Waals surface area contributed by atoms with Crippen molar-refractivity contribution in [3.63, 3.8) is 0 Å². The van der Waals surface area contributed by atoms with Crippen molar-refractivity contribution in [3.05, 3.63) is 0 Å². The van der Waals surface area contributed by atoms with Crippen LogP contribution in [0.25, 0.3) is 0 Å². The van der Waals surface area contributed by atoms with E-state index in [1.807, 2.05) is 4.90 Å². The summed E-state index contributed by atoms with van der Waals surface area (Å²) in [6, 6.07) is 0. The van der Waals surface area contributed by atoms with Crippen LogP contribution in [0, 0.1) is 0 Å². The van der Waals surface area contributed by atoms with Crippen molar-refractivity contribution < 1.29 is 9.53 Å². The van der Waals surface area contributed by atoms with Gasteiger partial charge in [-0.1, -0.05) is 0 Å². The van der Waals surface area contributed by atoms with Gasteiger partial charge in [0.1, 0.15) is 0 Å². The fourth-order valence-electron chi connectivity index (χ4n) is 1.72. The standard InChI is InChI=1S/C10H18ClNO2/c1-14-9-4-7-12(8-5-9)10(13)3-2-6-11/h9H,2-8H2,1H3. The second-order valence-corrected chi connectivity index (χ2v) is 3.99. The molecule has 1 rings (SSSR count). The summed E-state index contributed by atoms with van der Waals surface area (Å²) in [6.45, 7) is 1.67. The van der Waals surface area contributed by atoms with E-state index in [2.05, 4.69) is 0 Å². The summed E-state index contributed by atoms with van der Waals surface area (Å²) >= 11 is 5.54. The lowest BCUT2D eigenvalue weighted by atomic mass is 10.1. The first-order valence-corrected chi connectivity index (χ1v) is 5.68. The van der Waals surface area contributed by atoms with Crippen LogP contribution in [0.15, 0.2) is 0 Å². The number of amides is 1. The van der Waals surface area contributed by atoms with Gasteiger partial charge in [0.05, 0.1) is 6.10 Å². The summed E-state index contributed by atoms with van der Waals surface area (Å²) in [7, 11) is 1.73. The summed E-state index contributed by atoms with van der Waals surface area (Å²) in [4.78, 5) is 13.5. The molecule has 1 aliphatic heterocycles. The van der Waals surface area contributed by atoms with Gasteiger partial charge < -0.3 is 9.64 Å². The Morgan fingerprint density at radius 3 is 2.64 bits per heavy atom. The molecular weight excluding hydrogens is 202 g/mol. The monoisotopic (exact) mass is 219 g/mol. The number of rotatable bonds is 4. The molecule has 0 spiro atoms. The normalized spacial score (nSPS) is 18.6. The molecule has 0 N–H and O–H groups in total. The van der Waals surface area contributed by atoms with Crippen molar-refractivity contribution in [1.29, 1.82) is 0 Å². The van der Waals surface area contributed by atoms with Gasteiger partial charge in [-0.2, -0.15) is 0 Å². The number of carbonyl (C=O) groups excluding carboxylic acids is 1. The molecule has 3 nitrogen and oxygen atoms in total. The van der Waals surface area contributed by atoms with Crippen molar-refractivity contribution in [1.82, 2.24) is 4.90 Å². The topological polar surface area (TPSA) is 29.5 Å². The lowest BCUT2D eigenvalue weighted by Gasteiger charge is -2.31. The molecule has 0 radical (unpaired) electrons. The van der Waals surface area contributed by atoms with Gasteiger partial charge in [-0.15, -0.1) is 11.6 Å². The predicted molar refractivity (Wildman–Crippen MR) is 56.6 cm³/mol. The maximum atomic E-state index is 11.6. The minimum Gasteiger partial charge on any atom is -0.381 e. The van der Waals surface area contributed by atoms with Crippen molar-refractivity contribution in [3.8, 4) is 0 Å². The van der Waals surface area contributed by atoms with Gasteiger partial charge in [-0.3, -0.25) is 4.79 Å². The molecule has 82 valence electrons. The number of likely N-dealkylation sites (tertiary alicyclic amines) is 1. The molecule has 0 unspecified atom stereocenters. The molecule has 0 aliphatic carbocycles. The fraction of sp³-hybridized carbons (Fsp3) is 0.900. The van der Waals surface area contributed by atoms with Crippen LogP contribution in [0.1, 0.15) is 25.7 Å². The smallest absolute Gasteiger partial charge is 0.222 e. The summed E-state index contributed by atoms with van der Waals surface area (Å²) in [5.74, 6) is 0.806. The van der Waals surface area contributed by atoms with Crippen LogP contribution in [0.3, 0.4) is 0 Å². The number of carbonyl (C=O) groups is 1. The van der Waals surface area contributed by atoms with E-state index in [1.165, 1.54) is 0 Å². The largest absolute Gasteiger partial charge is 0.381 e. The first-order valence-electron chi connectivity index (χ1n) is 5.14. The highest BCUT2D eigenvalue weighted by Gasteiger charge is 2.21. The Morgan fingerprint density at radius 2 is 2.14 bits per heavy atom. The SMILES string of the molecule is COC1CCN(C(=O)CCCCl)CC1. The van der Waals surface area contributed by atoms with Gasteiger partial charge >= 0.3 is 0 Å². The van der Waals surface area contributed by atoms with E-state index >= 15 is 0 Å². The molecule has 0 aromatic rings. The van der Waals surface area contributed by atoms with Gasteiger partial charge in [0.25, 0.3) is 0 Å². The summed E-state index contributed by atoms with van der Waals surface area (Å²) in [6.07, 6.45) is 3.63. The van der Waals surface area contributed by atoms with E-state index < -0.39 is 0 Å². The van der Waals surface area contributed by atoms with E-state index in [-0.39, 0.29) is 5.91 Å². The molecule has 1 amide bonds. The van der Waals surface area contributed by atoms with Gasteiger partial charge in [0.15, 0.2) is 0 Å². The highest BCUT2D eigenvalue weighted by Crippen LogP contribution is 2.14. The summed E-state index contributed by atoms with van der Waals surface area (Å²) in [5.41, 5.74) is 0. The Labute approximate surface area is 90.4 Å². The molecule has 0 aromatic carbocycles. The van der Waals surface area contributed by atoms with E-state index in [1.54, 1.807) is 7.11 Å². The quantitative estimate of drug-likeness (QED) is 0.673. The highest BCUT2D eigenvalue weighted by atomic mass is 35.5. The molecule has 0 atom stereocenters. The third-order valence-electron chi connectivity index (χ3n) is 2.65. The lowest BCUT2D eigenvalue weighted by molar-refractivity contribution is -0.133. The minimum atomic E-state index is 0.236. The number of piperidine rings is 1. The maximum Gasteiger partial charge on any atom is 0.222 e. The molecular formula is C10H18ClNO2. The Bertz CT molecular complexity index is 179. The molecule has 1 saturated heterocycles. The average molecular weight is 220 g/mol. The number of nitrogens with zero attached hydrogens (tertiary/aromatic N) is 1. The molecule has 0 saturated carbocycles. The summed E-state index contributed by atoms with van der Waals surface area (Å²) in [5, 5.41) is 0. The average Bonchev–Trinajstić information content (AvgIpc) is 2.26. The van der Waals surface area contributed by atoms with Gasteiger partial charge in [-0.25, -0.2) is 0 Å². The molecule has 1 fully saturated rings. The van der Waals surface area contributed by atoms with Gasteiger partial charge in [0, 0.05) is 32.5 Å². The highest BCUT2D eigenvalue weighted by molar-refractivity contribution is 6.17. The molecule has 0 aromatic heterocycles. The van der Waals surface area contributed by atoms with Crippen molar-refractivity contribution >= 4 is 17.5 Å². The van der Waals surface area contributed by atoms with E-state index in [0.29, 0.717) is 18.4 Å². The van der Waals surface area contributed by atoms with Crippen molar-refractivity contribution in [2.45, 2.75) is 31.8 Å². The van der Waals surface area contributed by atoms with Crippen LogP contribution in [-0.4, -0.2) is 43.0 Å². The van der Waals surface area contributed by atoms with Crippen LogP contribution in [-0.2, 0) is 9.53 Å². The van der Waals surface area contributed by atoms with Crippen LogP contribution < -0.4 is 0 Å². The first kappa shape index (κ1) is 11.8. The Hall–Kier alpha value is -0.280. The second-order valence-electron chi connectivity index (χ2n) is 3.61. The van der Waals surface area contributed by atoms with Gasteiger partial charge in [-0.05, 0) is 19.3 Å². The fourth-order valence-corrected chi connectivity index (χ4v) is 1.85. The van der Waals surface area contributed by atoms with Crippen LogP contribution in [0.5, 0.6) is 0 Å². The molecule has 0 bridgehead atoms. The number of ether oxygens (including phenoxy) is 1. The molecule has 4 heteroatoms. The lowest BCUT2D eigenvalue weighted by Crippen LogP contribution is -2.40. The first-order chi connectivity index (χ1) is 6.77. The number of alkyl halides is 1. The van der Waals surface area contributed by atoms with Crippen LogP contribution in [0.4, 0.5) is 0 Å². The second kappa shape index (κ2) is 6.25. The zero-order valence-corrected chi connectivity index (χ0v) is 9.42. The number of hydrogen-bond acceptors (Lipinski definition) is 2. The van der Waals surface area contributed by atoms with E-state index in [9.17, 15) is 4.79 Å². The number of methoxy groups -OCH3 is 1. The number of hydrogen-bond donors (Lipinski definition) is 0. The van der Waals surface area contributed by atoms with Crippen LogP contribution >= 0.6 is 11.6 Å². The van der Waals surface area contributed by atoms with Crippen LogP contribution in [0.2, 0.25) is 0 Å². The van der Waals surface area contributed by atoms with Crippen molar-refractivity contribution in [2.24, 2.45) is 0 Å². The van der Waals surface area contributed by atoms with Crippen molar-refractivity contribution in [2.75, 3.05) is 26.1 Å². The molecule has 1 aliphatic rings. The maximum absolute atomic E-state index is 11.6. The number of halogens is 1. The zero-order chi connectivity index (χ0) is 10.4. The minimum absolute atomic E-state index is 0.236. The Morgan fingerprint density at radius 1 is 1.50 bits per heavy atom. The Balaban J connectivity index is 2.23. The zero-order valence-electron chi connectivity index (χ0n) is 8.67. The van der Waals surface area contributed by atoms with Gasteiger partial charge in [0.2, 0.25) is 5.91 Å². The molecule has 1 heterocycles. The van der Waals surface area contributed by atoms with E-state index in [0.717, 1.165) is 32.4 Å². The molecule has 14 heavy (non-hydrogen) atoms. The summed E-state index contributed by atoms with van der Waals surface area (Å²) < 4.78 is 5.24. The van der Waals surface area contributed by atoms with E-state index in [4.69, 9.17) is 16.3 Å². The predicted octanol–water partition coefficient (Wildman–Crippen LogP) is 1.64. The Kier molecular flexibility index (Phi) is 5.26.